The number of aromatic nitrogens is 1. The quantitative estimate of drug-likeness (QED) is 0.731. The van der Waals surface area contributed by atoms with E-state index in [4.69, 9.17) is 0 Å². The van der Waals surface area contributed by atoms with Crippen LogP contribution in [0.5, 0.6) is 0 Å². The topological polar surface area (TPSA) is 36.1 Å². The third kappa shape index (κ3) is 2.68. The predicted octanol–water partition coefficient (Wildman–Crippen LogP) is 4.67. The van der Waals surface area contributed by atoms with Gasteiger partial charge in [0.2, 0.25) is 0 Å². The molecule has 3 nitrogen and oxygen atoms in total. The van der Waals surface area contributed by atoms with Gasteiger partial charge < -0.3 is 9.88 Å². The van der Waals surface area contributed by atoms with Gasteiger partial charge in [0, 0.05) is 23.3 Å². The van der Waals surface area contributed by atoms with Crippen molar-refractivity contribution in [2.24, 2.45) is 0 Å². The average molecular weight is 322 g/mol. The normalized spacial score (nSPS) is 18.0. The van der Waals surface area contributed by atoms with Crippen molar-refractivity contribution in [2.45, 2.75) is 25.3 Å². The van der Waals surface area contributed by atoms with Crippen molar-refractivity contribution in [3.8, 4) is 0 Å². The number of nitrogens with one attached hydrogen (secondary N) is 1. The lowest BCUT2D eigenvalue weighted by Crippen LogP contribution is -2.38. The highest BCUT2D eigenvalue weighted by atomic mass is 19.1. The van der Waals surface area contributed by atoms with Gasteiger partial charge in [-0.15, -0.1) is 0 Å². The van der Waals surface area contributed by atoms with Crippen LogP contribution in [0, 0.1) is 5.82 Å². The molecular formula is C20H19FN2O. The number of benzene rings is 2. The lowest BCUT2D eigenvalue weighted by molar-refractivity contribution is 0.0606. The molecule has 1 fully saturated rings. The molecule has 24 heavy (non-hydrogen) atoms. The smallest absolute Gasteiger partial charge is 0.254 e. The van der Waals surface area contributed by atoms with Crippen molar-refractivity contribution in [2.75, 3.05) is 6.54 Å². The highest BCUT2D eigenvalue weighted by Gasteiger charge is 2.29. The van der Waals surface area contributed by atoms with Crippen LogP contribution in [0.15, 0.2) is 54.6 Å². The van der Waals surface area contributed by atoms with Gasteiger partial charge in [-0.05, 0) is 55.0 Å². The summed E-state index contributed by atoms with van der Waals surface area (Å²) in [4.78, 5) is 18.2. The molecule has 0 bridgehead atoms. The molecule has 1 N–H and O–H groups in total. The molecule has 2 aromatic carbocycles. The van der Waals surface area contributed by atoms with Gasteiger partial charge in [0.1, 0.15) is 5.82 Å². The van der Waals surface area contributed by atoms with Crippen molar-refractivity contribution in [3.05, 3.63) is 71.7 Å². The summed E-state index contributed by atoms with van der Waals surface area (Å²) in [6.07, 6.45) is 3.00. The van der Waals surface area contributed by atoms with Crippen molar-refractivity contribution in [1.82, 2.24) is 9.88 Å². The maximum atomic E-state index is 13.5. The fraction of sp³-hybridized carbons (Fsp3) is 0.250. The Morgan fingerprint density at radius 3 is 2.79 bits per heavy atom. The number of hydrogen-bond acceptors (Lipinski definition) is 1. The first-order valence-corrected chi connectivity index (χ1v) is 8.36. The first-order valence-electron chi connectivity index (χ1n) is 8.36. The van der Waals surface area contributed by atoms with Crippen molar-refractivity contribution >= 4 is 16.8 Å². The van der Waals surface area contributed by atoms with Gasteiger partial charge in [0.05, 0.1) is 6.04 Å². The monoisotopic (exact) mass is 322 g/mol. The maximum absolute atomic E-state index is 13.5. The SMILES string of the molecule is O=C(c1cccc(F)c1)N1CCCCC1c1cc2ccccc2[nH]1. The molecule has 0 radical (unpaired) electrons. The van der Waals surface area contributed by atoms with Crippen LogP contribution in [-0.4, -0.2) is 22.3 Å². The fourth-order valence-electron chi connectivity index (χ4n) is 3.56. The van der Waals surface area contributed by atoms with Crippen LogP contribution in [0.1, 0.15) is 41.4 Å². The Bertz CT molecular complexity index is 853. The van der Waals surface area contributed by atoms with Crippen molar-refractivity contribution < 1.29 is 9.18 Å². The molecule has 2 heterocycles. The van der Waals surface area contributed by atoms with Crippen LogP contribution in [0.2, 0.25) is 0 Å². The second kappa shape index (κ2) is 6.11. The van der Waals surface area contributed by atoms with Gasteiger partial charge in [-0.1, -0.05) is 24.3 Å². The summed E-state index contributed by atoms with van der Waals surface area (Å²) in [7, 11) is 0. The first-order chi connectivity index (χ1) is 11.7. The molecule has 1 aliphatic heterocycles. The van der Waals surface area contributed by atoms with Crippen LogP contribution in [-0.2, 0) is 0 Å². The second-order valence-electron chi connectivity index (χ2n) is 6.33. The van der Waals surface area contributed by atoms with Crippen LogP contribution in [0.4, 0.5) is 4.39 Å². The van der Waals surface area contributed by atoms with Gasteiger partial charge >= 0.3 is 0 Å². The van der Waals surface area contributed by atoms with Gasteiger partial charge in [-0.25, -0.2) is 4.39 Å². The number of nitrogens with zero attached hydrogens (tertiary/aromatic N) is 1. The Hall–Kier alpha value is -2.62. The molecular weight excluding hydrogens is 303 g/mol. The molecule has 1 saturated heterocycles. The van der Waals surface area contributed by atoms with Gasteiger partial charge in [0.15, 0.2) is 0 Å². The van der Waals surface area contributed by atoms with E-state index in [1.165, 1.54) is 12.1 Å². The van der Waals surface area contributed by atoms with Gasteiger partial charge in [-0.2, -0.15) is 0 Å². The number of hydrogen-bond donors (Lipinski definition) is 1. The lowest BCUT2D eigenvalue weighted by Gasteiger charge is -2.35. The summed E-state index contributed by atoms with van der Waals surface area (Å²) in [5.41, 5.74) is 2.55. The van der Waals surface area contributed by atoms with E-state index in [1.807, 2.05) is 23.1 Å². The lowest BCUT2D eigenvalue weighted by atomic mass is 9.98. The highest BCUT2D eigenvalue weighted by Crippen LogP contribution is 2.33. The van der Waals surface area contributed by atoms with E-state index in [0.717, 1.165) is 35.9 Å². The Morgan fingerprint density at radius 2 is 1.96 bits per heavy atom. The average Bonchev–Trinajstić information content (AvgIpc) is 3.05. The number of piperidine rings is 1. The van der Waals surface area contributed by atoms with E-state index < -0.39 is 0 Å². The summed E-state index contributed by atoms with van der Waals surface area (Å²) < 4.78 is 13.5. The minimum atomic E-state index is -0.375. The molecule has 1 aliphatic rings. The molecule has 1 aromatic heterocycles. The molecule has 0 aliphatic carbocycles. The minimum absolute atomic E-state index is 0.0157. The standard InChI is InChI=1S/C20H19FN2O/c21-16-8-5-7-15(12-16)20(24)23-11-4-3-10-19(23)18-13-14-6-1-2-9-17(14)22-18/h1-2,5-9,12-13,19,22H,3-4,10-11H2. The van der Waals surface area contributed by atoms with E-state index in [1.54, 1.807) is 12.1 Å². The molecule has 0 saturated carbocycles. The molecule has 122 valence electrons. The van der Waals surface area contributed by atoms with Crippen LogP contribution in [0.3, 0.4) is 0 Å². The minimum Gasteiger partial charge on any atom is -0.357 e. The van der Waals surface area contributed by atoms with E-state index in [-0.39, 0.29) is 17.8 Å². The molecule has 4 rings (SSSR count). The third-order valence-corrected chi connectivity index (χ3v) is 4.75. The van der Waals surface area contributed by atoms with E-state index in [2.05, 4.69) is 17.1 Å². The van der Waals surface area contributed by atoms with Gasteiger partial charge in [-0.3, -0.25) is 4.79 Å². The summed E-state index contributed by atoms with van der Waals surface area (Å²) in [5, 5.41) is 1.15. The Balaban J connectivity index is 1.69. The zero-order valence-electron chi connectivity index (χ0n) is 13.3. The summed E-state index contributed by atoms with van der Waals surface area (Å²) in [6, 6.07) is 16.2. The number of carbonyl (C=O) groups excluding carboxylic acids is 1. The Labute approximate surface area is 140 Å². The molecule has 0 spiro atoms. The first kappa shape index (κ1) is 14.9. The number of amides is 1. The molecule has 3 aromatic rings. The second-order valence-corrected chi connectivity index (χ2v) is 6.33. The zero-order valence-corrected chi connectivity index (χ0v) is 13.3. The Kier molecular flexibility index (Phi) is 3.81. The Morgan fingerprint density at radius 1 is 1.08 bits per heavy atom. The van der Waals surface area contributed by atoms with Crippen molar-refractivity contribution in [3.63, 3.8) is 0 Å². The van der Waals surface area contributed by atoms with Crippen LogP contribution >= 0.6 is 0 Å². The number of fused-ring (bicyclic) bond motifs is 1. The number of rotatable bonds is 2. The van der Waals surface area contributed by atoms with E-state index in [0.29, 0.717) is 12.1 Å². The predicted molar refractivity (Wildman–Crippen MR) is 92.3 cm³/mol. The number of H-pyrrole nitrogens is 1. The maximum Gasteiger partial charge on any atom is 0.254 e. The fourth-order valence-corrected chi connectivity index (χ4v) is 3.56. The van der Waals surface area contributed by atoms with E-state index >= 15 is 0 Å². The van der Waals surface area contributed by atoms with Crippen molar-refractivity contribution in [1.29, 1.82) is 0 Å². The number of para-hydroxylation sites is 1. The number of carbonyl (C=O) groups is 1. The summed E-state index contributed by atoms with van der Waals surface area (Å²) in [6.45, 7) is 0.704. The largest absolute Gasteiger partial charge is 0.357 e. The third-order valence-electron chi connectivity index (χ3n) is 4.75. The summed E-state index contributed by atoms with van der Waals surface area (Å²) in [5.74, 6) is -0.474. The zero-order chi connectivity index (χ0) is 16.5. The number of aromatic amines is 1. The molecule has 1 unspecified atom stereocenters. The van der Waals surface area contributed by atoms with Crippen LogP contribution < -0.4 is 0 Å². The van der Waals surface area contributed by atoms with E-state index in [9.17, 15) is 9.18 Å². The van der Waals surface area contributed by atoms with Crippen LogP contribution in [0.25, 0.3) is 10.9 Å². The molecule has 4 heteroatoms. The van der Waals surface area contributed by atoms with Gasteiger partial charge in [0.25, 0.3) is 5.91 Å². The number of halogens is 1. The summed E-state index contributed by atoms with van der Waals surface area (Å²) >= 11 is 0. The number of likely N-dealkylation sites (tertiary alicyclic amines) is 1. The molecule has 1 amide bonds. The molecule has 1 atom stereocenters. The highest BCUT2D eigenvalue weighted by molar-refractivity contribution is 5.94.